The predicted octanol–water partition coefficient (Wildman–Crippen LogP) is 5.60. The van der Waals surface area contributed by atoms with Gasteiger partial charge in [-0.1, -0.05) is 49.3 Å². The number of amides is 3. The van der Waals surface area contributed by atoms with Crippen LogP contribution in [0.5, 0.6) is 5.75 Å². The zero-order chi connectivity index (χ0) is 37.5. The van der Waals surface area contributed by atoms with Gasteiger partial charge in [0.25, 0.3) is 0 Å². The molecule has 0 unspecified atom stereocenters. The number of allylic oxidation sites excluding steroid dienone is 2. The molecule has 0 radical (unpaired) electrons. The SMILES string of the molecule is COc1cccc(C[C@H]2CCCCC/C=C\[C@@H]3C[C@@]3(C(=O)NS(=O)(=O)C3(C)CC3)CC(=O)[C@@H]3C[C@@H](OC(=O)N4Cc5cccc(F)c5C4)CN3C2=O)c1. The van der Waals surface area contributed by atoms with Crippen molar-refractivity contribution in [3.63, 3.8) is 0 Å². The molecule has 5 aliphatic rings. The van der Waals surface area contributed by atoms with Gasteiger partial charge >= 0.3 is 6.09 Å². The fourth-order valence-corrected chi connectivity index (χ4v) is 9.56. The van der Waals surface area contributed by atoms with E-state index in [2.05, 4.69) is 4.72 Å². The third-order valence-electron chi connectivity index (χ3n) is 12.0. The van der Waals surface area contributed by atoms with E-state index in [1.807, 2.05) is 36.4 Å². The minimum Gasteiger partial charge on any atom is -0.497 e. The summed E-state index contributed by atoms with van der Waals surface area (Å²) in [6.45, 7) is 1.82. The number of hydrogen-bond donors (Lipinski definition) is 1. The topological polar surface area (TPSA) is 139 Å². The van der Waals surface area contributed by atoms with Gasteiger partial charge in [0, 0.05) is 30.9 Å². The van der Waals surface area contributed by atoms with Crippen LogP contribution in [0.1, 0.15) is 87.8 Å². The number of rotatable bonds is 7. The Bertz CT molecular complexity index is 1930. The molecule has 0 spiro atoms. The molecular formula is C40H48FN3O8S. The molecule has 0 aromatic heterocycles. The number of ether oxygens (including phenoxy) is 2. The first-order chi connectivity index (χ1) is 25.3. The molecule has 1 N–H and O–H groups in total. The first-order valence-corrected chi connectivity index (χ1v) is 20.2. The van der Waals surface area contributed by atoms with E-state index in [4.69, 9.17) is 9.47 Å². The molecular weight excluding hydrogens is 702 g/mol. The van der Waals surface area contributed by atoms with Crippen LogP contribution in [0, 0.1) is 23.1 Å². The third-order valence-corrected chi connectivity index (χ3v) is 14.2. The van der Waals surface area contributed by atoms with Gasteiger partial charge in [0.2, 0.25) is 21.8 Å². The minimum absolute atomic E-state index is 0.0139. The molecule has 3 heterocycles. The molecule has 7 rings (SSSR count). The Morgan fingerprint density at radius 2 is 1.85 bits per heavy atom. The van der Waals surface area contributed by atoms with E-state index >= 15 is 0 Å². The molecule has 53 heavy (non-hydrogen) atoms. The molecule has 5 atom stereocenters. The lowest BCUT2D eigenvalue weighted by atomic mass is 9.90. The molecule has 0 bridgehead atoms. The van der Waals surface area contributed by atoms with Crippen LogP contribution in [0.2, 0.25) is 0 Å². The van der Waals surface area contributed by atoms with Crippen molar-refractivity contribution in [1.29, 1.82) is 0 Å². The Hall–Kier alpha value is -4.26. The van der Waals surface area contributed by atoms with Crippen molar-refractivity contribution in [3.05, 3.63) is 77.1 Å². The van der Waals surface area contributed by atoms with Crippen molar-refractivity contribution >= 4 is 33.7 Å². The average Bonchev–Trinajstić information content (AvgIpc) is 3.92. The number of carbonyl (C=O) groups excluding carboxylic acids is 4. The van der Waals surface area contributed by atoms with Crippen LogP contribution >= 0.6 is 0 Å². The van der Waals surface area contributed by atoms with Crippen LogP contribution in [0.15, 0.2) is 54.6 Å². The van der Waals surface area contributed by atoms with Crippen LogP contribution in [0.4, 0.5) is 9.18 Å². The number of halogens is 1. The fraction of sp³-hybridized carbons (Fsp3) is 0.550. The Kier molecular flexibility index (Phi) is 10.2. The minimum atomic E-state index is -3.95. The van der Waals surface area contributed by atoms with Crippen molar-refractivity contribution in [2.45, 2.75) is 108 Å². The smallest absolute Gasteiger partial charge is 0.410 e. The van der Waals surface area contributed by atoms with Crippen LogP contribution in [0.25, 0.3) is 0 Å². The van der Waals surface area contributed by atoms with Gasteiger partial charge < -0.3 is 14.4 Å². The fourth-order valence-electron chi connectivity index (χ4n) is 8.23. The highest BCUT2D eigenvalue weighted by Gasteiger charge is 2.62. The number of carbonyl (C=O) groups is 4. The first kappa shape index (κ1) is 37.1. The van der Waals surface area contributed by atoms with Gasteiger partial charge in [-0.05, 0) is 87.1 Å². The molecule has 3 fully saturated rings. The first-order valence-electron chi connectivity index (χ1n) is 18.7. The number of benzene rings is 2. The zero-order valence-corrected chi connectivity index (χ0v) is 31.2. The molecule has 2 saturated carbocycles. The summed E-state index contributed by atoms with van der Waals surface area (Å²) in [7, 11) is -2.36. The number of nitrogens with one attached hydrogen (secondary N) is 1. The highest BCUT2D eigenvalue weighted by Crippen LogP contribution is 2.57. The van der Waals surface area contributed by atoms with Gasteiger partial charge in [-0.2, -0.15) is 0 Å². The molecule has 13 heteroatoms. The second-order valence-electron chi connectivity index (χ2n) is 15.8. The number of nitrogens with zero attached hydrogens (tertiary/aromatic N) is 2. The normalized spacial score (nSPS) is 28.8. The van der Waals surface area contributed by atoms with Gasteiger partial charge in [-0.3, -0.25) is 24.0 Å². The van der Waals surface area contributed by atoms with Crippen LogP contribution in [0.3, 0.4) is 0 Å². The molecule has 3 aliphatic heterocycles. The summed E-state index contributed by atoms with van der Waals surface area (Å²) in [4.78, 5) is 59.3. The summed E-state index contributed by atoms with van der Waals surface area (Å²) in [5.74, 6) is -1.81. The van der Waals surface area contributed by atoms with E-state index in [1.165, 1.54) is 15.9 Å². The van der Waals surface area contributed by atoms with Gasteiger partial charge in [0.05, 0.1) is 36.4 Å². The average molecular weight is 750 g/mol. The molecule has 284 valence electrons. The highest BCUT2D eigenvalue weighted by atomic mass is 32.2. The van der Waals surface area contributed by atoms with Gasteiger partial charge in [-0.15, -0.1) is 0 Å². The number of sulfonamides is 1. The lowest BCUT2D eigenvalue weighted by Gasteiger charge is -2.29. The van der Waals surface area contributed by atoms with Crippen molar-refractivity contribution in [2.75, 3.05) is 13.7 Å². The van der Waals surface area contributed by atoms with Gasteiger partial charge in [0.1, 0.15) is 17.7 Å². The summed E-state index contributed by atoms with van der Waals surface area (Å²) in [5.41, 5.74) is 0.780. The van der Waals surface area contributed by atoms with E-state index in [1.54, 1.807) is 26.2 Å². The molecule has 2 aliphatic carbocycles. The Balaban J connectivity index is 1.15. The standard InChI is InChI=1S/C40H48FN3O8S/c1-39(16-17-39)53(49,50)42-37(47)40-21-29(40)13-7-5-3-4-6-11-27(18-26-10-8-14-30(19-26)51-2)36(46)44-24-31(20-34(44)35(45)22-40)52-38(48)43-23-28-12-9-15-33(41)32(28)25-43/h7-10,12-15,19,27,29,31,34H,3-6,11,16-18,20-25H2,1-2H3,(H,42,47)/b13-7-/t27-,29-,31-,34+,40-/m1/s1. The second kappa shape index (κ2) is 14.5. The van der Waals surface area contributed by atoms with E-state index in [-0.39, 0.29) is 50.1 Å². The molecule has 11 nitrogen and oxygen atoms in total. The van der Waals surface area contributed by atoms with Crippen LogP contribution in [-0.4, -0.2) is 72.5 Å². The van der Waals surface area contributed by atoms with Gasteiger partial charge in [-0.25, -0.2) is 17.6 Å². The highest BCUT2D eigenvalue weighted by molar-refractivity contribution is 7.91. The number of fused-ring (bicyclic) bond motifs is 3. The van der Waals surface area contributed by atoms with Crippen LogP contribution < -0.4 is 9.46 Å². The number of Topliss-reactive ketones (excluding diaryl/α,β-unsaturated/α-hetero) is 1. The summed E-state index contributed by atoms with van der Waals surface area (Å²) in [6.07, 6.45) is 7.79. The lowest BCUT2D eigenvalue weighted by Crippen LogP contribution is -2.47. The van der Waals surface area contributed by atoms with E-state index in [0.29, 0.717) is 49.0 Å². The quantitative estimate of drug-likeness (QED) is 0.361. The summed E-state index contributed by atoms with van der Waals surface area (Å²) in [5, 5.41) is 0. The summed E-state index contributed by atoms with van der Waals surface area (Å²) >= 11 is 0. The predicted molar refractivity (Wildman–Crippen MR) is 193 cm³/mol. The number of methoxy groups -OCH3 is 1. The summed E-state index contributed by atoms with van der Waals surface area (Å²) in [6, 6.07) is 11.3. The summed E-state index contributed by atoms with van der Waals surface area (Å²) < 4.78 is 53.4. The monoisotopic (exact) mass is 749 g/mol. The number of hydrogen-bond acceptors (Lipinski definition) is 8. The lowest BCUT2D eigenvalue weighted by molar-refractivity contribution is -0.142. The van der Waals surface area contributed by atoms with Crippen molar-refractivity contribution in [1.82, 2.24) is 14.5 Å². The van der Waals surface area contributed by atoms with Crippen molar-refractivity contribution in [3.8, 4) is 5.75 Å². The molecule has 3 amide bonds. The van der Waals surface area contributed by atoms with Crippen molar-refractivity contribution in [2.24, 2.45) is 17.3 Å². The van der Waals surface area contributed by atoms with E-state index in [0.717, 1.165) is 31.2 Å². The Morgan fingerprint density at radius 3 is 2.60 bits per heavy atom. The van der Waals surface area contributed by atoms with Gasteiger partial charge in [0.15, 0.2) is 5.78 Å². The maximum Gasteiger partial charge on any atom is 0.410 e. The maximum absolute atomic E-state index is 14.6. The third kappa shape index (κ3) is 7.59. The van der Waals surface area contributed by atoms with E-state index < -0.39 is 56.1 Å². The maximum atomic E-state index is 14.6. The largest absolute Gasteiger partial charge is 0.497 e. The molecule has 2 aromatic carbocycles. The molecule has 2 aromatic rings. The second-order valence-corrected chi connectivity index (χ2v) is 18.0. The van der Waals surface area contributed by atoms with Crippen molar-refractivity contribution < 1.29 is 41.5 Å². The van der Waals surface area contributed by atoms with E-state index in [9.17, 15) is 32.0 Å². The van der Waals surface area contributed by atoms with Crippen LogP contribution in [-0.2, 0) is 48.7 Å². The Morgan fingerprint density at radius 1 is 1.06 bits per heavy atom. The number of ketones is 1. The molecule has 1 saturated heterocycles. The zero-order valence-electron chi connectivity index (χ0n) is 30.4. The Labute approximate surface area is 310 Å².